The summed E-state index contributed by atoms with van der Waals surface area (Å²) < 4.78 is 4.36. The van der Waals surface area contributed by atoms with E-state index in [4.69, 9.17) is 6.42 Å². The number of carbonyl (C=O) groups is 2. The number of ether oxygens (including phenoxy) is 1. The van der Waals surface area contributed by atoms with E-state index in [0.717, 1.165) is 0 Å². The fourth-order valence-electron chi connectivity index (χ4n) is 0.569. The zero-order valence-electron chi connectivity index (χ0n) is 7.16. The summed E-state index contributed by atoms with van der Waals surface area (Å²) in [5.41, 5.74) is 0. The summed E-state index contributed by atoms with van der Waals surface area (Å²) in [7, 11) is 2.76. The van der Waals surface area contributed by atoms with Crippen LogP contribution in [0.4, 0.5) is 0 Å². The van der Waals surface area contributed by atoms with E-state index in [2.05, 4.69) is 10.7 Å². The fourth-order valence-corrected chi connectivity index (χ4v) is 0.569. The lowest BCUT2D eigenvalue weighted by molar-refractivity contribution is -0.145. The first-order chi connectivity index (χ1) is 5.61. The minimum absolute atomic E-state index is 0.00743. The van der Waals surface area contributed by atoms with Crippen LogP contribution in [0.1, 0.15) is 6.42 Å². The van der Waals surface area contributed by atoms with E-state index in [9.17, 15) is 9.59 Å². The van der Waals surface area contributed by atoms with Crippen LogP contribution in [-0.2, 0) is 14.3 Å². The van der Waals surface area contributed by atoms with Gasteiger partial charge in [0.15, 0.2) is 0 Å². The average molecular weight is 169 g/mol. The molecular weight excluding hydrogens is 158 g/mol. The molecule has 0 saturated carbocycles. The van der Waals surface area contributed by atoms with Gasteiger partial charge in [-0.1, -0.05) is 5.92 Å². The molecule has 0 aliphatic rings. The molecular formula is C8H11NO3. The van der Waals surface area contributed by atoms with Gasteiger partial charge >= 0.3 is 5.97 Å². The van der Waals surface area contributed by atoms with Gasteiger partial charge in [0.1, 0.15) is 6.54 Å². The molecule has 0 radical (unpaired) electrons. The van der Waals surface area contributed by atoms with Crippen LogP contribution in [0.3, 0.4) is 0 Å². The van der Waals surface area contributed by atoms with Crippen LogP contribution in [-0.4, -0.2) is 37.5 Å². The van der Waals surface area contributed by atoms with E-state index in [1.54, 1.807) is 0 Å². The van der Waals surface area contributed by atoms with E-state index in [0.29, 0.717) is 0 Å². The molecule has 0 bridgehead atoms. The van der Waals surface area contributed by atoms with Crippen molar-refractivity contribution in [3.8, 4) is 12.3 Å². The zero-order chi connectivity index (χ0) is 9.56. The summed E-state index contributed by atoms with van der Waals surface area (Å²) in [6.45, 7) is -0.0585. The number of hydrogen-bond donors (Lipinski definition) is 0. The maximum Gasteiger partial charge on any atom is 0.325 e. The number of esters is 1. The second-order valence-electron chi connectivity index (χ2n) is 2.21. The van der Waals surface area contributed by atoms with Crippen molar-refractivity contribution in [2.24, 2.45) is 0 Å². The number of carbonyl (C=O) groups excluding carboxylic acids is 2. The Kier molecular flexibility index (Phi) is 4.54. The highest BCUT2D eigenvalue weighted by atomic mass is 16.5. The number of methoxy groups -OCH3 is 1. The van der Waals surface area contributed by atoms with E-state index < -0.39 is 5.97 Å². The monoisotopic (exact) mass is 169 g/mol. The molecule has 4 nitrogen and oxygen atoms in total. The van der Waals surface area contributed by atoms with Crippen LogP contribution >= 0.6 is 0 Å². The summed E-state index contributed by atoms with van der Waals surface area (Å²) in [6, 6.07) is 0. The Morgan fingerprint density at radius 1 is 1.58 bits per heavy atom. The molecule has 0 fully saturated rings. The van der Waals surface area contributed by atoms with Crippen LogP contribution in [0.25, 0.3) is 0 Å². The van der Waals surface area contributed by atoms with Gasteiger partial charge in [0.2, 0.25) is 5.91 Å². The molecule has 0 N–H and O–H groups in total. The van der Waals surface area contributed by atoms with Gasteiger partial charge in [-0.15, -0.1) is 6.42 Å². The lowest BCUT2D eigenvalue weighted by Gasteiger charge is -2.13. The van der Waals surface area contributed by atoms with Gasteiger partial charge in [-0.2, -0.15) is 0 Å². The molecule has 0 atom stereocenters. The third-order valence-corrected chi connectivity index (χ3v) is 1.27. The highest BCUT2D eigenvalue weighted by molar-refractivity contribution is 5.83. The average Bonchev–Trinajstić information content (AvgIpc) is 2.04. The predicted octanol–water partition coefficient (Wildman–Crippen LogP) is -0.359. The van der Waals surface area contributed by atoms with Gasteiger partial charge in [0, 0.05) is 7.05 Å². The fraction of sp³-hybridized carbons (Fsp3) is 0.500. The Balaban J connectivity index is 3.88. The molecule has 0 heterocycles. The van der Waals surface area contributed by atoms with Crippen molar-refractivity contribution >= 4 is 11.9 Å². The molecule has 0 aromatic rings. The van der Waals surface area contributed by atoms with Gasteiger partial charge in [-0.25, -0.2) is 0 Å². The Morgan fingerprint density at radius 3 is 2.58 bits per heavy atom. The lowest BCUT2D eigenvalue weighted by Crippen LogP contribution is -2.32. The first kappa shape index (κ1) is 10.5. The standard InChI is InChI=1S/C8H11NO3/c1-4-5-7(10)9(2)6-8(11)12-3/h1H,5-6H2,2-3H3. The molecule has 0 aromatic carbocycles. The summed E-state index contributed by atoms with van der Waals surface area (Å²) in [6.07, 6.45) is 4.92. The van der Waals surface area contributed by atoms with Gasteiger partial charge in [0.25, 0.3) is 0 Å². The summed E-state index contributed by atoms with van der Waals surface area (Å²) in [5.74, 6) is 1.48. The zero-order valence-corrected chi connectivity index (χ0v) is 7.16. The lowest BCUT2D eigenvalue weighted by atomic mass is 10.4. The number of rotatable bonds is 3. The quantitative estimate of drug-likeness (QED) is 0.428. The smallest absolute Gasteiger partial charge is 0.325 e. The molecule has 0 aliphatic carbocycles. The Morgan fingerprint density at radius 2 is 2.17 bits per heavy atom. The van der Waals surface area contributed by atoms with Crippen molar-refractivity contribution in [2.75, 3.05) is 20.7 Å². The highest BCUT2D eigenvalue weighted by Crippen LogP contribution is 1.89. The first-order valence-corrected chi connectivity index (χ1v) is 3.36. The molecule has 12 heavy (non-hydrogen) atoms. The molecule has 0 aliphatic heterocycles. The Labute approximate surface area is 71.5 Å². The minimum Gasteiger partial charge on any atom is -0.468 e. The highest BCUT2D eigenvalue weighted by Gasteiger charge is 2.10. The number of hydrogen-bond acceptors (Lipinski definition) is 3. The van der Waals surface area contributed by atoms with Crippen molar-refractivity contribution in [2.45, 2.75) is 6.42 Å². The summed E-state index contributed by atoms with van der Waals surface area (Å²) >= 11 is 0. The van der Waals surface area contributed by atoms with Crippen LogP contribution < -0.4 is 0 Å². The normalized spacial score (nSPS) is 8.42. The number of amides is 1. The third-order valence-electron chi connectivity index (χ3n) is 1.27. The molecule has 0 saturated heterocycles. The van der Waals surface area contributed by atoms with Gasteiger partial charge < -0.3 is 9.64 Å². The van der Waals surface area contributed by atoms with Crippen LogP contribution in [0, 0.1) is 12.3 Å². The maximum absolute atomic E-state index is 11.0. The van der Waals surface area contributed by atoms with Crippen LogP contribution in [0.15, 0.2) is 0 Å². The van der Waals surface area contributed by atoms with Crippen molar-refractivity contribution in [3.63, 3.8) is 0 Å². The second kappa shape index (κ2) is 5.19. The van der Waals surface area contributed by atoms with E-state index >= 15 is 0 Å². The molecule has 0 unspecified atom stereocenters. The molecule has 0 rings (SSSR count). The number of terminal acetylenes is 1. The van der Waals surface area contributed by atoms with E-state index in [1.807, 2.05) is 0 Å². The van der Waals surface area contributed by atoms with Crippen molar-refractivity contribution in [1.29, 1.82) is 0 Å². The van der Waals surface area contributed by atoms with Crippen LogP contribution in [0.2, 0.25) is 0 Å². The molecule has 1 amide bonds. The third kappa shape index (κ3) is 3.62. The van der Waals surface area contributed by atoms with Crippen molar-refractivity contribution < 1.29 is 14.3 Å². The predicted molar refractivity (Wildman–Crippen MR) is 43.1 cm³/mol. The summed E-state index contributed by atoms with van der Waals surface area (Å²) in [5, 5.41) is 0. The minimum atomic E-state index is -0.456. The van der Waals surface area contributed by atoms with Gasteiger partial charge in [-0.3, -0.25) is 9.59 Å². The number of nitrogens with zero attached hydrogens (tertiary/aromatic N) is 1. The van der Waals surface area contributed by atoms with Crippen LogP contribution in [0.5, 0.6) is 0 Å². The number of likely N-dealkylation sites (N-methyl/N-ethyl adjacent to an activating group) is 1. The Bertz CT molecular complexity index is 217. The summed E-state index contributed by atoms with van der Waals surface area (Å²) in [4.78, 5) is 22.9. The molecule has 0 spiro atoms. The topological polar surface area (TPSA) is 46.6 Å². The van der Waals surface area contributed by atoms with Crippen molar-refractivity contribution in [1.82, 2.24) is 4.90 Å². The first-order valence-electron chi connectivity index (χ1n) is 3.36. The molecule has 0 aromatic heterocycles. The second-order valence-corrected chi connectivity index (χ2v) is 2.21. The molecule has 66 valence electrons. The maximum atomic E-state index is 11.0. The van der Waals surface area contributed by atoms with Gasteiger partial charge in [0.05, 0.1) is 13.5 Å². The van der Waals surface area contributed by atoms with E-state index in [1.165, 1.54) is 19.1 Å². The van der Waals surface area contributed by atoms with Crippen molar-refractivity contribution in [3.05, 3.63) is 0 Å². The van der Waals surface area contributed by atoms with Gasteiger partial charge in [-0.05, 0) is 0 Å². The molecule has 4 heteroatoms. The SMILES string of the molecule is C#CCC(=O)N(C)CC(=O)OC. The Hall–Kier alpha value is -1.50. The largest absolute Gasteiger partial charge is 0.468 e. The van der Waals surface area contributed by atoms with E-state index in [-0.39, 0.29) is 18.9 Å².